The van der Waals surface area contributed by atoms with Crippen molar-refractivity contribution in [3.63, 3.8) is 0 Å². The first kappa shape index (κ1) is 22.2. The fraction of sp³-hybridized carbons (Fsp3) is 0.581. The molecular formula is C31H37FN2O. The van der Waals surface area contributed by atoms with E-state index in [4.69, 9.17) is 4.74 Å². The average Bonchev–Trinajstić information content (AvgIpc) is 3.38. The minimum atomic E-state index is -0.271. The highest BCUT2D eigenvalue weighted by atomic mass is 19.1. The molecule has 5 aliphatic rings. The number of rotatable bonds is 4. The van der Waals surface area contributed by atoms with Crippen LogP contribution in [0.1, 0.15) is 69.8 Å². The normalized spacial score (nSPS) is 39.7. The summed E-state index contributed by atoms with van der Waals surface area (Å²) in [5.41, 5.74) is 4.40. The van der Waals surface area contributed by atoms with Crippen LogP contribution < -0.4 is 0 Å². The Bertz CT molecular complexity index is 1240. The van der Waals surface area contributed by atoms with Crippen LogP contribution in [0.5, 0.6) is 0 Å². The Morgan fingerprint density at radius 1 is 1.14 bits per heavy atom. The molecule has 4 heteroatoms. The van der Waals surface area contributed by atoms with E-state index < -0.39 is 0 Å². The van der Waals surface area contributed by atoms with E-state index in [0.717, 1.165) is 38.5 Å². The van der Waals surface area contributed by atoms with E-state index in [1.165, 1.54) is 40.3 Å². The van der Waals surface area contributed by atoms with E-state index >= 15 is 0 Å². The molecule has 2 spiro atoms. The maximum atomic E-state index is 13.1. The van der Waals surface area contributed by atoms with Crippen LogP contribution >= 0.6 is 0 Å². The van der Waals surface area contributed by atoms with Crippen molar-refractivity contribution in [3.8, 4) is 0 Å². The number of nitrogens with zero attached hydrogens (tertiary/aromatic N) is 2. The number of alkyl halides is 1. The van der Waals surface area contributed by atoms with Gasteiger partial charge in [0.2, 0.25) is 0 Å². The Morgan fingerprint density at radius 3 is 2.94 bits per heavy atom. The third-order valence-electron chi connectivity index (χ3n) is 10.8. The van der Waals surface area contributed by atoms with Crippen molar-refractivity contribution in [2.24, 2.45) is 11.3 Å². The number of ether oxygens (including phenoxy) is 1. The summed E-state index contributed by atoms with van der Waals surface area (Å²) in [7, 11) is 2.09. The molecule has 1 saturated heterocycles. The van der Waals surface area contributed by atoms with Gasteiger partial charge in [0, 0.05) is 30.4 Å². The molecule has 0 N–H and O–H groups in total. The van der Waals surface area contributed by atoms with Crippen LogP contribution in [0.2, 0.25) is 0 Å². The van der Waals surface area contributed by atoms with Gasteiger partial charge in [-0.3, -0.25) is 4.98 Å². The molecule has 2 aromatic rings. The van der Waals surface area contributed by atoms with Gasteiger partial charge in [-0.2, -0.15) is 0 Å². The van der Waals surface area contributed by atoms with Gasteiger partial charge >= 0.3 is 0 Å². The fourth-order valence-corrected chi connectivity index (χ4v) is 8.94. The first-order chi connectivity index (χ1) is 17.0. The van der Waals surface area contributed by atoms with Crippen molar-refractivity contribution in [2.75, 3.05) is 20.3 Å². The summed E-state index contributed by atoms with van der Waals surface area (Å²) in [5.74, 6) is 1.09. The highest BCUT2D eigenvalue weighted by Crippen LogP contribution is 2.69. The lowest BCUT2D eigenvalue weighted by atomic mass is 9.58. The molecule has 2 bridgehead atoms. The van der Waals surface area contributed by atoms with Crippen molar-refractivity contribution in [2.45, 2.75) is 81.5 Å². The number of fused-ring (bicyclic) bond motifs is 2. The predicted molar refractivity (Wildman–Crippen MR) is 138 cm³/mol. The van der Waals surface area contributed by atoms with E-state index in [0.29, 0.717) is 24.4 Å². The summed E-state index contributed by atoms with van der Waals surface area (Å²) in [6.07, 6.45) is 18.0. The quantitative estimate of drug-likeness (QED) is 0.492. The van der Waals surface area contributed by atoms with Crippen LogP contribution in [0.15, 0.2) is 60.0 Å². The summed E-state index contributed by atoms with van der Waals surface area (Å²) in [4.78, 5) is 6.60. The number of hydrogen-bond donors (Lipinski definition) is 0. The van der Waals surface area contributed by atoms with Crippen molar-refractivity contribution < 1.29 is 9.13 Å². The molecule has 0 radical (unpaired) electrons. The summed E-state index contributed by atoms with van der Waals surface area (Å²) in [6.45, 7) is 2.80. The molecule has 2 saturated carbocycles. The molecule has 0 unspecified atom stereocenters. The maximum absolute atomic E-state index is 13.1. The van der Waals surface area contributed by atoms with E-state index in [1.54, 1.807) is 0 Å². The predicted octanol–water partition coefficient (Wildman–Crippen LogP) is 6.75. The highest BCUT2D eigenvalue weighted by molar-refractivity contribution is 5.82. The van der Waals surface area contributed by atoms with Crippen molar-refractivity contribution in [1.82, 2.24) is 9.88 Å². The number of aromatic nitrogens is 1. The third-order valence-corrected chi connectivity index (χ3v) is 10.8. The van der Waals surface area contributed by atoms with Gasteiger partial charge in [0.05, 0.1) is 11.2 Å². The average molecular weight is 473 g/mol. The molecule has 1 aromatic carbocycles. The Balaban J connectivity index is 1.24. The van der Waals surface area contributed by atoms with Gasteiger partial charge in [0.1, 0.15) is 6.67 Å². The van der Waals surface area contributed by atoms with Crippen LogP contribution in [0, 0.1) is 11.3 Å². The molecule has 0 amide bonds. The van der Waals surface area contributed by atoms with Gasteiger partial charge in [0.25, 0.3) is 0 Å². The summed E-state index contributed by atoms with van der Waals surface area (Å²) >= 11 is 0. The molecule has 7 rings (SSSR count). The topological polar surface area (TPSA) is 25.4 Å². The highest BCUT2D eigenvalue weighted by Gasteiger charge is 2.66. The standard InChI is InChI=1S/C31H37FN2O/c1-29-11-9-25-18-24-5-6-26(34(2)16-14-32)19-30(24)12-13-31(25,35-30)28(29)8-7-27(29)22-4-3-21-10-15-33-20-23(21)17-22/h3-4,9-10,15,17-18,20,26-28H,5-8,11-14,16,19H2,1-2H3/t26-,27-,28-,29-,30-,31-/m1/s1. The number of hydrogen-bond acceptors (Lipinski definition) is 3. The summed E-state index contributed by atoms with van der Waals surface area (Å²) < 4.78 is 20.5. The Labute approximate surface area is 208 Å². The molecule has 6 atom stereocenters. The van der Waals surface area contributed by atoms with Crippen LogP contribution in [-0.2, 0) is 4.74 Å². The van der Waals surface area contributed by atoms with Crippen molar-refractivity contribution in [3.05, 3.63) is 65.5 Å². The lowest BCUT2D eigenvalue weighted by Crippen LogP contribution is -2.55. The largest absolute Gasteiger partial charge is 0.359 e. The monoisotopic (exact) mass is 472 g/mol. The minimum Gasteiger partial charge on any atom is -0.359 e. The van der Waals surface area contributed by atoms with Gasteiger partial charge < -0.3 is 9.64 Å². The number of benzene rings is 1. The van der Waals surface area contributed by atoms with Crippen LogP contribution in [0.3, 0.4) is 0 Å². The second-order valence-electron chi connectivity index (χ2n) is 12.3. The molecule has 3 fully saturated rings. The third kappa shape index (κ3) is 3.05. The summed E-state index contributed by atoms with van der Waals surface area (Å²) in [5, 5.41) is 2.51. The first-order valence-corrected chi connectivity index (χ1v) is 13.7. The van der Waals surface area contributed by atoms with E-state index in [1.807, 2.05) is 12.4 Å². The lowest BCUT2D eigenvalue weighted by molar-refractivity contribution is -0.140. The zero-order valence-electron chi connectivity index (χ0n) is 21.1. The molecule has 3 nitrogen and oxygen atoms in total. The van der Waals surface area contributed by atoms with Gasteiger partial charge in [-0.1, -0.05) is 31.2 Å². The Hall–Kier alpha value is -2.04. The SMILES string of the molecule is CN(CCF)[C@@H]1CCC2=CC3=CC[C@]4(C)[C@@H](c5ccc6ccncc6c5)CC[C@H]4[C@@]34CC[C@]2(C1)O4. The van der Waals surface area contributed by atoms with E-state index in [2.05, 4.69) is 60.3 Å². The molecule has 1 aromatic heterocycles. The second kappa shape index (κ2) is 7.73. The molecule has 35 heavy (non-hydrogen) atoms. The zero-order chi connectivity index (χ0) is 23.8. The second-order valence-corrected chi connectivity index (χ2v) is 12.3. The van der Waals surface area contributed by atoms with Gasteiger partial charge in [-0.15, -0.1) is 0 Å². The van der Waals surface area contributed by atoms with Gasteiger partial charge in [-0.25, -0.2) is 4.39 Å². The van der Waals surface area contributed by atoms with Gasteiger partial charge in [0.15, 0.2) is 0 Å². The molecule has 3 heterocycles. The molecule has 2 aliphatic heterocycles. The van der Waals surface area contributed by atoms with E-state index in [-0.39, 0.29) is 23.3 Å². The Kier molecular flexibility index (Phi) is 4.90. The lowest BCUT2D eigenvalue weighted by Gasteiger charge is -2.55. The van der Waals surface area contributed by atoms with Gasteiger partial charge in [-0.05, 0) is 110 Å². The van der Waals surface area contributed by atoms with E-state index in [9.17, 15) is 4.39 Å². The smallest absolute Gasteiger partial charge is 0.102 e. The maximum Gasteiger partial charge on any atom is 0.102 e. The number of allylic oxidation sites excluding steroid dienone is 1. The molecular weight excluding hydrogens is 435 g/mol. The van der Waals surface area contributed by atoms with Crippen molar-refractivity contribution >= 4 is 10.8 Å². The number of halogens is 1. The summed E-state index contributed by atoms with van der Waals surface area (Å²) in [6, 6.07) is 9.55. The molecule has 184 valence electrons. The zero-order valence-corrected chi connectivity index (χ0v) is 21.1. The minimum absolute atomic E-state index is 0.129. The first-order valence-electron chi connectivity index (χ1n) is 13.7. The van der Waals surface area contributed by atoms with Crippen molar-refractivity contribution in [1.29, 1.82) is 0 Å². The number of pyridine rings is 1. The Morgan fingerprint density at radius 2 is 2.06 bits per heavy atom. The van der Waals surface area contributed by atoms with Crippen LogP contribution in [-0.4, -0.2) is 47.4 Å². The van der Waals surface area contributed by atoms with Crippen LogP contribution in [0.4, 0.5) is 4.39 Å². The molecule has 3 aliphatic carbocycles. The fourth-order valence-electron chi connectivity index (χ4n) is 8.94. The van der Waals surface area contributed by atoms with Crippen LogP contribution in [0.25, 0.3) is 10.8 Å².